The molecule has 1 aromatic heterocycles. The number of aliphatic imine (C=N–C) groups is 1. The van der Waals surface area contributed by atoms with E-state index in [0.29, 0.717) is 5.56 Å². The van der Waals surface area contributed by atoms with Gasteiger partial charge in [-0.3, -0.25) is 14.8 Å². The van der Waals surface area contributed by atoms with E-state index in [1.54, 1.807) is 30.9 Å². The van der Waals surface area contributed by atoms with Gasteiger partial charge in [0.15, 0.2) is 0 Å². The number of anilines is 1. The average Bonchev–Trinajstić information content (AvgIpc) is 2.65. The van der Waals surface area contributed by atoms with Crippen LogP contribution in [0.25, 0.3) is 0 Å². The number of rotatable bonds is 7. The molecular formula is C21H24N4O. The molecule has 1 heterocycles. The molecule has 1 unspecified atom stereocenters. The molecular weight excluding hydrogens is 324 g/mol. The molecule has 134 valence electrons. The summed E-state index contributed by atoms with van der Waals surface area (Å²) in [4.78, 5) is 20.6. The summed E-state index contributed by atoms with van der Waals surface area (Å²) in [5, 5.41) is 6.17. The minimum absolute atomic E-state index is 0.0722. The molecule has 1 aromatic carbocycles. The number of nitrogens with zero attached hydrogens (tertiary/aromatic N) is 2. The van der Waals surface area contributed by atoms with Crippen LogP contribution in [0.2, 0.25) is 0 Å². The van der Waals surface area contributed by atoms with E-state index in [4.69, 9.17) is 0 Å². The maximum atomic E-state index is 12.3. The van der Waals surface area contributed by atoms with E-state index >= 15 is 0 Å². The number of carbonyl (C=O) groups is 1. The molecule has 0 aliphatic carbocycles. The van der Waals surface area contributed by atoms with Crippen LogP contribution >= 0.6 is 0 Å². The third-order valence-corrected chi connectivity index (χ3v) is 3.78. The van der Waals surface area contributed by atoms with Gasteiger partial charge in [0.05, 0.1) is 5.56 Å². The van der Waals surface area contributed by atoms with E-state index in [9.17, 15) is 4.79 Å². The normalized spacial score (nSPS) is 12.7. The molecule has 2 rings (SSSR count). The Kier molecular flexibility index (Phi) is 6.85. The highest BCUT2D eigenvalue weighted by Crippen LogP contribution is 2.18. The lowest BCUT2D eigenvalue weighted by Crippen LogP contribution is -2.14. The Morgan fingerprint density at radius 2 is 2.12 bits per heavy atom. The first-order chi connectivity index (χ1) is 12.5. The molecule has 2 N–H and O–H groups in total. The first-order valence-corrected chi connectivity index (χ1v) is 8.40. The zero-order chi connectivity index (χ0) is 18.9. The van der Waals surface area contributed by atoms with Crippen LogP contribution in [0.3, 0.4) is 0 Å². The Hall–Kier alpha value is -3.21. The van der Waals surface area contributed by atoms with Crippen LogP contribution in [0, 0.1) is 6.92 Å². The van der Waals surface area contributed by atoms with Gasteiger partial charge in [0.25, 0.3) is 5.91 Å². The summed E-state index contributed by atoms with van der Waals surface area (Å²) in [5.74, 6) is -0.173. The number of carbonyl (C=O) groups excluding carboxylic acids is 1. The Bertz CT molecular complexity index is 839. The maximum Gasteiger partial charge on any atom is 0.257 e. The van der Waals surface area contributed by atoms with E-state index in [1.165, 1.54) is 0 Å². The number of aromatic nitrogens is 1. The van der Waals surface area contributed by atoms with Gasteiger partial charge < -0.3 is 10.6 Å². The van der Waals surface area contributed by atoms with Gasteiger partial charge in [-0.25, -0.2) is 0 Å². The average molecular weight is 348 g/mol. The van der Waals surface area contributed by atoms with Crippen LogP contribution in [-0.4, -0.2) is 16.6 Å². The van der Waals surface area contributed by atoms with Crippen LogP contribution in [0.1, 0.15) is 41.4 Å². The third kappa shape index (κ3) is 5.70. The number of allylic oxidation sites excluding steroid dienone is 1. The van der Waals surface area contributed by atoms with E-state index in [0.717, 1.165) is 22.5 Å². The van der Waals surface area contributed by atoms with Crippen molar-refractivity contribution >= 4 is 17.3 Å². The largest absolute Gasteiger partial charge is 0.383 e. The molecule has 0 spiro atoms. The first kappa shape index (κ1) is 19.1. The molecule has 0 bridgehead atoms. The Labute approximate surface area is 154 Å². The highest BCUT2D eigenvalue weighted by atomic mass is 16.1. The Morgan fingerprint density at radius 1 is 1.31 bits per heavy atom. The summed E-state index contributed by atoms with van der Waals surface area (Å²) in [6, 6.07) is 9.63. The summed E-state index contributed by atoms with van der Waals surface area (Å²) in [5.41, 5.74) is 4.14. The summed E-state index contributed by atoms with van der Waals surface area (Å²) in [6.07, 6.45) is 8.47. The Balaban J connectivity index is 2.02. The molecule has 2 aromatic rings. The van der Waals surface area contributed by atoms with Crippen molar-refractivity contribution in [3.05, 3.63) is 84.5 Å². The van der Waals surface area contributed by atoms with Crippen molar-refractivity contribution in [1.29, 1.82) is 0 Å². The molecule has 0 fully saturated rings. The van der Waals surface area contributed by atoms with E-state index < -0.39 is 0 Å². The van der Waals surface area contributed by atoms with Gasteiger partial charge in [-0.15, -0.1) is 0 Å². The highest BCUT2D eigenvalue weighted by molar-refractivity contribution is 6.04. The number of hydrogen-bond acceptors (Lipinski definition) is 4. The second-order valence-corrected chi connectivity index (χ2v) is 6.01. The van der Waals surface area contributed by atoms with E-state index in [-0.39, 0.29) is 11.9 Å². The predicted octanol–water partition coefficient (Wildman–Crippen LogP) is 4.41. The lowest BCUT2D eigenvalue weighted by Gasteiger charge is -2.14. The molecule has 0 saturated heterocycles. The van der Waals surface area contributed by atoms with Crippen LogP contribution < -0.4 is 10.6 Å². The maximum absolute atomic E-state index is 12.3. The van der Waals surface area contributed by atoms with Gasteiger partial charge in [-0.2, -0.15) is 0 Å². The molecule has 1 amide bonds. The van der Waals surface area contributed by atoms with Gasteiger partial charge >= 0.3 is 0 Å². The number of nitrogens with one attached hydrogen (secondary N) is 2. The van der Waals surface area contributed by atoms with Crippen LogP contribution in [0.5, 0.6) is 0 Å². The fourth-order valence-corrected chi connectivity index (χ4v) is 2.26. The Morgan fingerprint density at radius 3 is 2.85 bits per heavy atom. The standard InChI is InChI=1S/C21H24N4O/c1-5-16(3)23-9-10-24-17(4)18-7-6-8-20(12-18)25-21(26)19-11-15(2)13-22-14-19/h5-14,17,24H,1H2,2-4H3,(H,25,26). The number of benzene rings is 1. The molecule has 0 radical (unpaired) electrons. The smallest absolute Gasteiger partial charge is 0.257 e. The van der Waals surface area contributed by atoms with Crippen LogP contribution in [0.4, 0.5) is 5.69 Å². The summed E-state index contributed by atoms with van der Waals surface area (Å²) in [6.45, 7) is 9.49. The minimum Gasteiger partial charge on any atom is -0.383 e. The lowest BCUT2D eigenvalue weighted by atomic mass is 10.1. The predicted molar refractivity (Wildman–Crippen MR) is 107 cm³/mol. The zero-order valence-electron chi connectivity index (χ0n) is 15.4. The van der Waals surface area contributed by atoms with Crippen LogP contribution in [0.15, 0.2) is 72.8 Å². The molecule has 1 atom stereocenters. The van der Waals surface area contributed by atoms with Crippen molar-refractivity contribution in [3.63, 3.8) is 0 Å². The SMILES string of the molecule is C=CC(C)=NC=CNC(C)c1cccc(NC(=O)c2cncc(C)c2)c1. The van der Waals surface area contributed by atoms with Gasteiger partial charge in [0.1, 0.15) is 0 Å². The molecule has 0 aliphatic heterocycles. The quantitative estimate of drug-likeness (QED) is 0.728. The van der Waals surface area contributed by atoms with Crippen molar-refractivity contribution in [1.82, 2.24) is 10.3 Å². The van der Waals surface area contributed by atoms with Gasteiger partial charge in [-0.05, 0) is 56.2 Å². The zero-order valence-corrected chi connectivity index (χ0v) is 15.4. The third-order valence-electron chi connectivity index (χ3n) is 3.78. The van der Waals surface area contributed by atoms with Gasteiger partial charge in [0, 0.05) is 42.2 Å². The van der Waals surface area contributed by atoms with Crippen LogP contribution in [-0.2, 0) is 0 Å². The molecule has 0 saturated carbocycles. The second-order valence-electron chi connectivity index (χ2n) is 6.01. The van der Waals surface area contributed by atoms with Crippen molar-refractivity contribution in [2.75, 3.05) is 5.32 Å². The fraction of sp³-hybridized carbons (Fsp3) is 0.190. The number of hydrogen-bond donors (Lipinski definition) is 2. The number of pyridine rings is 1. The van der Waals surface area contributed by atoms with Crippen molar-refractivity contribution in [3.8, 4) is 0 Å². The van der Waals surface area contributed by atoms with Crippen molar-refractivity contribution in [2.24, 2.45) is 4.99 Å². The minimum atomic E-state index is -0.173. The molecule has 0 aliphatic rings. The summed E-state index contributed by atoms with van der Waals surface area (Å²) in [7, 11) is 0. The summed E-state index contributed by atoms with van der Waals surface area (Å²) >= 11 is 0. The number of aryl methyl sites for hydroxylation is 1. The highest BCUT2D eigenvalue weighted by Gasteiger charge is 2.08. The van der Waals surface area contributed by atoms with E-state index in [1.807, 2.05) is 51.1 Å². The van der Waals surface area contributed by atoms with Gasteiger partial charge in [0.2, 0.25) is 0 Å². The van der Waals surface area contributed by atoms with Gasteiger partial charge in [-0.1, -0.05) is 18.7 Å². The van der Waals surface area contributed by atoms with Crippen molar-refractivity contribution < 1.29 is 4.79 Å². The topological polar surface area (TPSA) is 66.4 Å². The molecule has 5 heteroatoms. The van der Waals surface area contributed by atoms with E-state index in [2.05, 4.69) is 27.2 Å². The lowest BCUT2D eigenvalue weighted by molar-refractivity contribution is 0.102. The monoisotopic (exact) mass is 348 g/mol. The molecule has 5 nitrogen and oxygen atoms in total. The fourth-order valence-electron chi connectivity index (χ4n) is 2.26. The van der Waals surface area contributed by atoms with Crippen molar-refractivity contribution in [2.45, 2.75) is 26.8 Å². The molecule has 26 heavy (non-hydrogen) atoms. The second kappa shape index (κ2) is 9.32. The summed E-state index contributed by atoms with van der Waals surface area (Å²) < 4.78 is 0. The first-order valence-electron chi connectivity index (χ1n) is 8.40. The number of amides is 1.